The fraction of sp³-hybridized carbons (Fsp3) is 0.800. The highest BCUT2D eigenvalue weighted by Crippen LogP contribution is 2.43. The molecule has 0 saturated carbocycles. The molecule has 0 heterocycles. The number of carbonyl (C=O) groups is 3. The zero-order valence-corrected chi connectivity index (χ0v) is 30.0. The monoisotopic (exact) mass is 689 g/mol. The van der Waals surface area contributed by atoms with Crippen molar-refractivity contribution in [3.8, 4) is 0 Å². The third kappa shape index (κ3) is 31.0. The van der Waals surface area contributed by atoms with E-state index in [1.54, 1.807) is 0 Å². The normalized spacial score (nSPS) is 14.3. The number of hydrogen-bond acceptors (Lipinski definition) is 8. The van der Waals surface area contributed by atoms with Gasteiger partial charge in [0.2, 0.25) is 5.91 Å². The van der Waals surface area contributed by atoms with Gasteiger partial charge in [-0.2, -0.15) is 0 Å². The van der Waals surface area contributed by atoms with Crippen molar-refractivity contribution in [2.75, 3.05) is 19.8 Å². The van der Waals surface area contributed by atoms with Crippen molar-refractivity contribution in [1.29, 1.82) is 0 Å². The predicted octanol–water partition coefficient (Wildman–Crippen LogP) is 7.94. The first-order valence-corrected chi connectivity index (χ1v) is 19.4. The van der Waals surface area contributed by atoms with Crippen molar-refractivity contribution >= 4 is 25.7 Å². The number of carbonyl (C=O) groups excluding carboxylic acids is 2. The predicted molar refractivity (Wildman–Crippen MR) is 185 cm³/mol. The Kier molecular flexibility index (Phi) is 29.9. The number of rotatable bonds is 33. The zero-order chi connectivity index (χ0) is 35.0. The van der Waals surface area contributed by atoms with Gasteiger partial charge in [0.05, 0.1) is 13.2 Å². The van der Waals surface area contributed by atoms with Crippen LogP contribution in [0.4, 0.5) is 0 Å². The molecule has 1 amide bonds. The molecule has 3 unspecified atom stereocenters. The number of nitrogens with one attached hydrogen (secondary N) is 1. The lowest BCUT2D eigenvalue weighted by Gasteiger charge is -2.18. The van der Waals surface area contributed by atoms with Crippen molar-refractivity contribution < 1.29 is 47.8 Å². The highest BCUT2D eigenvalue weighted by atomic mass is 31.2. The number of phosphoric acid groups is 1. The summed E-state index contributed by atoms with van der Waals surface area (Å²) < 4.78 is 26.6. The Bertz CT molecular complexity index is 911. The molecule has 0 radical (unpaired) electrons. The molecule has 274 valence electrons. The number of aliphatic carboxylic acids is 1. The van der Waals surface area contributed by atoms with E-state index < -0.39 is 57.6 Å². The first-order valence-electron chi connectivity index (χ1n) is 17.9. The molecule has 0 fully saturated rings. The van der Waals surface area contributed by atoms with Crippen molar-refractivity contribution in [3.05, 3.63) is 24.3 Å². The van der Waals surface area contributed by atoms with Gasteiger partial charge in [0.25, 0.3) is 0 Å². The Morgan fingerprint density at radius 3 is 1.79 bits per heavy atom. The minimum absolute atomic E-state index is 0.146. The van der Waals surface area contributed by atoms with E-state index in [4.69, 9.17) is 13.8 Å². The van der Waals surface area contributed by atoms with Gasteiger partial charge in [0.15, 0.2) is 6.04 Å². The largest absolute Gasteiger partial charge is 0.480 e. The molecule has 4 N–H and O–H groups in total. The molecule has 0 rings (SSSR count). The molecule has 0 aliphatic heterocycles. The third-order valence-corrected chi connectivity index (χ3v) is 8.44. The van der Waals surface area contributed by atoms with Crippen LogP contribution in [0.2, 0.25) is 0 Å². The lowest BCUT2D eigenvalue weighted by Crippen LogP contribution is -2.43. The van der Waals surface area contributed by atoms with Crippen LogP contribution in [0.3, 0.4) is 0 Å². The lowest BCUT2D eigenvalue weighted by molar-refractivity contribution is -0.147. The number of ether oxygens (including phenoxy) is 1. The Balaban J connectivity index is 4.00. The zero-order valence-electron chi connectivity index (χ0n) is 29.1. The van der Waals surface area contributed by atoms with Crippen molar-refractivity contribution in [2.24, 2.45) is 0 Å². The van der Waals surface area contributed by atoms with Gasteiger partial charge >= 0.3 is 19.8 Å². The van der Waals surface area contributed by atoms with Crippen LogP contribution in [-0.2, 0) is 32.7 Å². The molecule has 0 aromatic carbocycles. The Morgan fingerprint density at radius 1 is 0.681 bits per heavy atom. The molecule has 3 atom stereocenters. The molecule has 12 heteroatoms. The molecule has 0 saturated heterocycles. The quantitative estimate of drug-likeness (QED) is 0.0230. The van der Waals surface area contributed by atoms with E-state index in [1.807, 2.05) is 0 Å². The Hall–Kier alpha value is -2.04. The molecule has 0 aromatic heterocycles. The van der Waals surface area contributed by atoms with E-state index in [9.17, 15) is 34.1 Å². The number of carboxylic acids is 1. The first kappa shape index (κ1) is 45.0. The number of allylic oxidation sites excluding steroid dienone is 4. The van der Waals surface area contributed by atoms with Crippen LogP contribution in [0.25, 0.3) is 0 Å². The second-order valence-corrected chi connectivity index (χ2v) is 13.5. The van der Waals surface area contributed by atoms with Crippen LogP contribution in [0.5, 0.6) is 0 Å². The molecule has 0 aliphatic carbocycles. The average molecular weight is 690 g/mol. The summed E-state index contributed by atoms with van der Waals surface area (Å²) in [5.41, 5.74) is 0. The van der Waals surface area contributed by atoms with Gasteiger partial charge in [-0.25, -0.2) is 9.36 Å². The summed E-state index contributed by atoms with van der Waals surface area (Å²) in [4.78, 5) is 45.5. The molecule has 0 spiro atoms. The van der Waals surface area contributed by atoms with E-state index >= 15 is 0 Å². The summed E-state index contributed by atoms with van der Waals surface area (Å²) in [6, 6.07) is -1.54. The maximum atomic E-state index is 12.2. The first-order chi connectivity index (χ1) is 22.6. The molecular formula is C35H64NO10P. The fourth-order valence-corrected chi connectivity index (χ4v) is 5.40. The van der Waals surface area contributed by atoms with Crippen LogP contribution in [0, 0.1) is 0 Å². The number of phosphoric ester groups is 1. The van der Waals surface area contributed by atoms with E-state index in [0.29, 0.717) is 12.8 Å². The molecule has 11 nitrogen and oxygen atoms in total. The number of hydrogen-bond donors (Lipinski definition) is 4. The topological polar surface area (TPSA) is 169 Å². The maximum Gasteiger partial charge on any atom is 0.472 e. The summed E-state index contributed by atoms with van der Waals surface area (Å²) in [5, 5.41) is 21.6. The Morgan fingerprint density at radius 2 is 1.19 bits per heavy atom. The number of unbranched alkanes of at least 4 members (excludes halogenated alkanes) is 15. The second kappa shape index (κ2) is 31.2. The number of esters is 1. The molecule has 0 aliphatic rings. The molecule has 0 aromatic rings. The van der Waals surface area contributed by atoms with Gasteiger partial charge in [0, 0.05) is 12.8 Å². The van der Waals surface area contributed by atoms with E-state index in [-0.39, 0.29) is 12.8 Å². The fourth-order valence-electron chi connectivity index (χ4n) is 4.62. The SMILES string of the molecule is CCCC/C=C\C/C=C\CCCCCCCC(=O)OCC(O)COP(=O)(O)OCC(NC(=O)CCCCCCCCCCC)C(=O)O. The minimum Gasteiger partial charge on any atom is -0.480 e. The van der Waals surface area contributed by atoms with Gasteiger partial charge in [0.1, 0.15) is 12.7 Å². The molecule has 47 heavy (non-hydrogen) atoms. The molecule has 0 bridgehead atoms. The van der Waals surface area contributed by atoms with Crippen LogP contribution < -0.4 is 5.32 Å². The van der Waals surface area contributed by atoms with Crippen LogP contribution in [0.1, 0.15) is 149 Å². The van der Waals surface area contributed by atoms with Crippen LogP contribution in [0.15, 0.2) is 24.3 Å². The van der Waals surface area contributed by atoms with E-state index in [2.05, 4.69) is 43.5 Å². The highest BCUT2D eigenvalue weighted by Gasteiger charge is 2.28. The smallest absolute Gasteiger partial charge is 0.472 e. The van der Waals surface area contributed by atoms with E-state index in [1.165, 1.54) is 44.9 Å². The van der Waals surface area contributed by atoms with Gasteiger partial charge in [-0.3, -0.25) is 18.6 Å². The second-order valence-electron chi connectivity index (χ2n) is 12.1. The summed E-state index contributed by atoms with van der Waals surface area (Å²) in [6.07, 6.45) is 27.9. The minimum atomic E-state index is -4.74. The third-order valence-electron chi connectivity index (χ3n) is 7.49. The average Bonchev–Trinajstić information content (AvgIpc) is 3.04. The van der Waals surface area contributed by atoms with Gasteiger partial charge in [-0.15, -0.1) is 0 Å². The number of aliphatic hydroxyl groups excluding tert-OH is 1. The van der Waals surface area contributed by atoms with E-state index in [0.717, 1.165) is 64.2 Å². The van der Waals surface area contributed by atoms with Gasteiger partial charge in [-0.05, 0) is 38.5 Å². The summed E-state index contributed by atoms with van der Waals surface area (Å²) in [5.74, 6) is -2.39. The van der Waals surface area contributed by atoms with Gasteiger partial charge < -0.3 is 25.2 Å². The molecular weight excluding hydrogens is 625 g/mol. The van der Waals surface area contributed by atoms with Crippen LogP contribution in [-0.4, -0.2) is 64.9 Å². The standard InChI is InChI=1S/C35H64NO10P/c1-3-5-7-9-11-13-14-15-16-17-19-21-23-25-27-34(39)44-28-31(37)29-45-47(42,43)46-30-32(35(40)41)36-33(38)26-24-22-20-18-12-10-8-6-4-2/h9,11,14-15,31-32,37H,3-8,10,12-13,16-30H2,1-2H3,(H,36,38)(H,40,41)(H,42,43)/b11-9-,15-14-. The van der Waals surface area contributed by atoms with Gasteiger partial charge in [-0.1, -0.05) is 122 Å². The van der Waals surface area contributed by atoms with Crippen molar-refractivity contribution in [3.63, 3.8) is 0 Å². The van der Waals surface area contributed by atoms with Crippen molar-refractivity contribution in [1.82, 2.24) is 5.32 Å². The lowest BCUT2D eigenvalue weighted by atomic mass is 10.1. The van der Waals surface area contributed by atoms with Crippen LogP contribution >= 0.6 is 7.82 Å². The number of carboxylic acid groups (broad SMARTS) is 1. The summed E-state index contributed by atoms with van der Waals surface area (Å²) in [6.45, 7) is 2.47. The highest BCUT2D eigenvalue weighted by molar-refractivity contribution is 7.47. The summed E-state index contributed by atoms with van der Waals surface area (Å²) >= 11 is 0. The Labute approximate surface area is 283 Å². The maximum absolute atomic E-state index is 12.2. The number of amides is 1. The number of aliphatic hydroxyl groups is 1. The van der Waals surface area contributed by atoms with Crippen molar-refractivity contribution in [2.45, 2.75) is 161 Å². The summed E-state index contributed by atoms with van der Waals surface area (Å²) in [7, 11) is -4.74.